The molecule has 1 aliphatic carbocycles. The van der Waals surface area contributed by atoms with Crippen molar-refractivity contribution in [2.45, 2.75) is 43.7 Å². The molecule has 0 radical (unpaired) electrons. The molecule has 1 unspecified atom stereocenters. The number of hydrogen-bond acceptors (Lipinski definition) is 10. The molecular weight excluding hydrogens is 350 g/mol. The van der Waals surface area contributed by atoms with E-state index in [0.717, 1.165) is 17.4 Å². The Morgan fingerprint density at radius 3 is 2.77 bits per heavy atom. The molecule has 0 bridgehead atoms. The van der Waals surface area contributed by atoms with Crippen molar-refractivity contribution in [1.82, 2.24) is 9.55 Å². The molecule has 2 heterocycles. The van der Waals surface area contributed by atoms with Gasteiger partial charge in [-0.2, -0.15) is 4.98 Å². The van der Waals surface area contributed by atoms with E-state index in [1.165, 1.54) is 12.3 Å². The van der Waals surface area contributed by atoms with Gasteiger partial charge in [-0.15, -0.1) is 0 Å². The van der Waals surface area contributed by atoms with Crippen molar-refractivity contribution in [2.75, 3.05) is 25.8 Å². The van der Waals surface area contributed by atoms with Crippen LogP contribution in [0.5, 0.6) is 0 Å². The Hall–Kier alpha value is -1.60. The lowest BCUT2D eigenvalue weighted by atomic mass is 10.1. The molecule has 3 rings (SSSR count). The van der Waals surface area contributed by atoms with Crippen LogP contribution in [0.3, 0.4) is 0 Å². The maximum absolute atomic E-state index is 12.0. The van der Waals surface area contributed by atoms with Gasteiger partial charge in [-0.25, -0.2) is 4.79 Å². The number of aliphatic hydroxyl groups is 3. The van der Waals surface area contributed by atoms with Crippen molar-refractivity contribution in [3.8, 4) is 0 Å². The third-order valence-electron chi connectivity index (χ3n) is 4.82. The minimum Gasteiger partial charge on any atom is -0.387 e. The van der Waals surface area contributed by atoms with Crippen LogP contribution < -0.4 is 11.2 Å². The number of hydrogen-bond donors (Lipinski definition) is 5. The third kappa shape index (κ3) is 3.60. The van der Waals surface area contributed by atoms with Gasteiger partial charge >= 0.3 is 5.69 Å². The first kappa shape index (κ1) is 19.2. The zero-order valence-corrected chi connectivity index (χ0v) is 14.2. The number of nitrogens with one attached hydrogen (secondary N) is 1. The Morgan fingerprint density at radius 1 is 1.46 bits per heavy atom. The predicted octanol–water partition coefficient (Wildman–Crippen LogP) is -1.57. The lowest BCUT2D eigenvalue weighted by Crippen LogP contribution is -2.38. The highest BCUT2D eigenvalue weighted by atomic mass is 16.6. The van der Waals surface area contributed by atoms with Gasteiger partial charge in [0.15, 0.2) is 18.3 Å². The first-order valence-corrected chi connectivity index (χ1v) is 8.21. The smallest absolute Gasteiger partial charge is 0.351 e. The van der Waals surface area contributed by atoms with Crippen LogP contribution >= 0.6 is 0 Å². The van der Waals surface area contributed by atoms with E-state index < -0.39 is 41.9 Å². The number of nitrogens with zero attached hydrogens (tertiary/aromatic N) is 2. The highest BCUT2D eigenvalue weighted by Gasteiger charge is 2.51. The van der Waals surface area contributed by atoms with Crippen molar-refractivity contribution in [3.63, 3.8) is 0 Å². The summed E-state index contributed by atoms with van der Waals surface area (Å²) in [7, 11) is 1.54. The van der Waals surface area contributed by atoms with Gasteiger partial charge in [0, 0.05) is 18.7 Å². The molecule has 5 N–H and O–H groups in total. The van der Waals surface area contributed by atoms with Gasteiger partial charge in [-0.1, -0.05) is 0 Å². The lowest BCUT2D eigenvalue weighted by Gasteiger charge is -2.24. The van der Waals surface area contributed by atoms with Gasteiger partial charge in [0.1, 0.15) is 18.3 Å². The van der Waals surface area contributed by atoms with Crippen LogP contribution in [0.1, 0.15) is 19.1 Å². The van der Waals surface area contributed by atoms with Gasteiger partial charge in [0.05, 0.1) is 13.2 Å². The highest BCUT2D eigenvalue weighted by Crippen LogP contribution is 2.49. The average molecular weight is 373 g/mol. The van der Waals surface area contributed by atoms with Crippen molar-refractivity contribution in [3.05, 3.63) is 22.7 Å². The SMILES string of the molecule is COCC1(C(O)OC[C@H]2O[C@@H](n3ccc(NO)nc3=O)[C@H](O)[C@@H]2O)CC1. The molecule has 26 heavy (non-hydrogen) atoms. The van der Waals surface area contributed by atoms with E-state index in [0.29, 0.717) is 6.61 Å². The number of rotatable bonds is 8. The van der Waals surface area contributed by atoms with Gasteiger partial charge < -0.3 is 29.5 Å². The maximum atomic E-state index is 12.0. The molecule has 1 aliphatic heterocycles. The largest absolute Gasteiger partial charge is 0.387 e. The second-order valence-corrected chi connectivity index (χ2v) is 6.64. The van der Waals surface area contributed by atoms with E-state index in [2.05, 4.69) is 4.98 Å². The summed E-state index contributed by atoms with van der Waals surface area (Å²) in [4.78, 5) is 15.5. The molecule has 0 aromatic carbocycles. The lowest BCUT2D eigenvalue weighted by molar-refractivity contribution is -0.182. The fourth-order valence-electron chi connectivity index (χ4n) is 3.04. The summed E-state index contributed by atoms with van der Waals surface area (Å²) < 4.78 is 17.0. The van der Waals surface area contributed by atoms with Gasteiger partial charge in [-0.05, 0) is 18.9 Å². The summed E-state index contributed by atoms with van der Waals surface area (Å²) in [6.45, 7) is 0.194. The maximum Gasteiger partial charge on any atom is 0.351 e. The van der Waals surface area contributed by atoms with E-state index in [-0.39, 0.29) is 12.4 Å². The summed E-state index contributed by atoms with van der Waals surface area (Å²) in [5.41, 5.74) is 0.523. The van der Waals surface area contributed by atoms with Crippen LogP contribution in [0.4, 0.5) is 5.82 Å². The Bertz CT molecular complexity index is 679. The third-order valence-corrected chi connectivity index (χ3v) is 4.82. The fraction of sp³-hybridized carbons (Fsp3) is 0.733. The van der Waals surface area contributed by atoms with Gasteiger partial charge in [0.2, 0.25) is 0 Å². The van der Waals surface area contributed by atoms with Crippen LogP contribution in [0, 0.1) is 5.41 Å². The number of aliphatic hydroxyl groups excluding tert-OH is 3. The fourth-order valence-corrected chi connectivity index (χ4v) is 3.04. The quantitative estimate of drug-likeness (QED) is 0.266. The highest BCUT2D eigenvalue weighted by molar-refractivity contribution is 5.28. The first-order chi connectivity index (χ1) is 12.4. The minimum absolute atomic E-state index is 0.0600. The van der Waals surface area contributed by atoms with E-state index >= 15 is 0 Å². The monoisotopic (exact) mass is 373 g/mol. The Kier molecular flexibility index (Phi) is 5.58. The number of aromatic nitrogens is 2. The van der Waals surface area contributed by atoms with Crippen molar-refractivity contribution in [1.29, 1.82) is 0 Å². The summed E-state index contributed by atoms with van der Waals surface area (Å²) >= 11 is 0. The second-order valence-electron chi connectivity index (χ2n) is 6.64. The first-order valence-electron chi connectivity index (χ1n) is 8.21. The molecule has 146 valence electrons. The van der Waals surface area contributed by atoms with Gasteiger partial charge in [0.25, 0.3) is 0 Å². The summed E-state index contributed by atoms with van der Waals surface area (Å²) in [6.07, 6.45) is -3.07. The standard InChI is InChI=1S/C15H23N3O8/c1-24-7-15(3-4-15)13(21)25-6-8-10(19)11(20)12(26-8)18-5-2-9(17-23)16-14(18)22/h2,5,8,10-13,19-21,23H,3-4,6-7H2,1H3,(H,16,17,22)/t8-,10-,11-,12-,13?/m1/s1. The molecule has 1 aromatic rings. The number of anilines is 1. The molecule has 2 fully saturated rings. The Labute approximate surface area is 148 Å². The Balaban J connectivity index is 1.63. The zero-order valence-electron chi connectivity index (χ0n) is 14.2. The van der Waals surface area contributed by atoms with Crippen LogP contribution in [-0.4, -0.2) is 75.0 Å². The summed E-state index contributed by atoms with van der Waals surface area (Å²) in [5.74, 6) is -0.0600. The van der Waals surface area contributed by atoms with Crippen molar-refractivity contribution < 1.29 is 34.7 Å². The molecular formula is C15H23N3O8. The molecule has 1 saturated heterocycles. The molecule has 11 heteroatoms. The number of ether oxygens (including phenoxy) is 3. The van der Waals surface area contributed by atoms with Crippen LogP contribution in [0.15, 0.2) is 17.1 Å². The van der Waals surface area contributed by atoms with Crippen LogP contribution in [0.25, 0.3) is 0 Å². The average Bonchev–Trinajstić information content (AvgIpc) is 3.36. The molecule has 5 atom stereocenters. The van der Waals surface area contributed by atoms with Crippen molar-refractivity contribution >= 4 is 5.82 Å². The van der Waals surface area contributed by atoms with Crippen molar-refractivity contribution in [2.24, 2.45) is 5.41 Å². The van der Waals surface area contributed by atoms with E-state index in [9.17, 15) is 20.1 Å². The normalized spacial score (nSPS) is 31.0. The van der Waals surface area contributed by atoms with E-state index in [1.54, 1.807) is 12.6 Å². The predicted molar refractivity (Wildman–Crippen MR) is 85.3 cm³/mol. The van der Waals surface area contributed by atoms with Crippen LogP contribution in [-0.2, 0) is 14.2 Å². The molecule has 1 aromatic heterocycles. The summed E-state index contributed by atoms with van der Waals surface area (Å²) in [5, 5.41) is 39.3. The Morgan fingerprint density at radius 2 is 2.19 bits per heavy atom. The van der Waals surface area contributed by atoms with E-state index in [1.807, 2.05) is 0 Å². The van der Waals surface area contributed by atoms with Gasteiger partial charge in [-0.3, -0.25) is 15.3 Å². The molecule has 11 nitrogen and oxygen atoms in total. The van der Waals surface area contributed by atoms with Crippen LogP contribution in [0.2, 0.25) is 0 Å². The topological polar surface area (TPSA) is 156 Å². The molecule has 1 saturated carbocycles. The summed E-state index contributed by atoms with van der Waals surface area (Å²) in [6, 6.07) is 1.30. The second kappa shape index (κ2) is 7.56. The molecule has 0 amide bonds. The van der Waals surface area contributed by atoms with E-state index in [4.69, 9.17) is 19.4 Å². The minimum atomic E-state index is -1.39. The number of methoxy groups -OCH3 is 1. The molecule has 2 aliphatic rings. The molecule has 0 spiro atoms. The zero-order chi connectivity index (χ0) is 18.9.